The highest BCUT2D eigenvalue weighted by molar-refractivity contribution is 5.90. The normalized spacial score (nSPS) is 11.2. The van der Waals surface area contributed by atoms with Crippen molar-refractivity contribution in [1.82, 2.24) is 10.4 Å². The molecule has 3 aromatic rings. The number of hydroxylamine groups is 1. The van der Waals surface area contributed by atoms with E-state index in [2.05, 4.69) is 5.48 Å². The number of aryl methyl sites for hydroxylation is 1. The Morgan fingerprint density at radius 3 is 2.22 bits per heavy atom. The lowest BCUT2D eigenvalue weighted by atomic mass is 10.1. The van der Waals surface area contributed by atoms with E-state index in [0.29, 0.717) is 41.8 Å². The van der Waals surface area contributed by atoms with Gasteiger partial charge in [0.15, 0.2) is 0 Å². The number of nitrogens with zero attached hydrogens (tertiary/aromatic N) is 1. The van der Waals surface area contributed by atoms with Crippen LogP contribution in [0.5, 0.6) is 5.75 Å². The lowest BCUT2D eigenvalue weighted by molar-refractivity contribution is -0.131. The average molecular weight is 507 g/mol. The van der Waals surface area contributed by atoms with Crippen molar-refractivity contribution in [2.75, 3.05) is 6.54 Å². The van der Waals surface area contributed by atoms with Crippen molar-refractivity contribution in [3.63, 3.8) is 0 Å². The van der Waals surface area contributed by atoms with Gasteiger partial charge in [0, 0.05) is 36.2 Å². The summed E-state index contributed by atoms with van der Waals surface area (Å²) in [5, 5.41) is 0. The van der Waals surface area contributed by atoms with Crippen LogP contribution in [0.3, 0.4) is 0 Å². The molecule has 3 rings (SSSR count). The van der Waals surface area contributed by atoms with E-state index < -0.39 is 5.97 Å². The van der Waals surface area contributed by atoms with Crippen molar-refractivity contribution in [1.29, 1.82) is 0 Å². The van der Waals surface area contributed by atoms with E-state index in [1.54, 1.807) is 35.2 Å². The summed E-state index contributed by atoms with van der Waals surface area (Å²) in [6.45, 7) is 8.59. The Kier molecular flexibility index (Phi) is 9.80. The van der Waals surface area contributed by atoms with Crippen LogP contribution in [0.2, 0.25) is 0 Å². The third-order valence-corrected chi connectivity index (χ3v) is 5.69. The molecule has 0 heterocycles. The van der Waals surface area contributed by atoms with Gasteiger partial charge in [0.05, 0.1) is 5.56 Å². The number of rotatable bonds is 11. The number of benzene rings is 3. The van der Waals surface area contributed by atoms with Crippen LogP contribution in [0.1, 0.15) is 61.2 Å². The van der Waals surface area contributed by atoms with Crippen LogP contribution in [-0.4, -0.2) is 28.9 Å². The first-order valence-electron chi connectivity index (χ1n) is 12.5. The predicted molar refractivity (Wildman–Crippen MR) is 141 cm³/mol. The molecule has 6 nitrogen and oxygen atoms in total. The summed E-state index contributed by atoms with van der Waals surface area (Å²) in [6, 6.07) is 21.2. The lowest BCUT2D eigenvalue weighted by Gasteiger charge is -2.21. The third kappa shape index (κ3) is 8.72. The molecule has 0 aromatic heterocycles. The molecule has 0 bridgehead atoms. The largest absolute Gasteiger partial charge is 0.489 e. The Bertz CT molecular complexity index is 1190. The van der Waals surface area contributed by atoms with Crippen molar-refractivity contribution < 1.29 is 23.6 Å². The molecule has 1 N–H and O–H groups in total. The van der Waals surface area contributed by atoms with Crippen LogP contribution >= 0.6 is 0 Å². The second-order valence-corrected chi connectivity index (χ2v) is 9.83. The van der Waals surface area contributed by atoms with Crippen molar-refractivity contribution in [2.24, 2.45) is 0 Å². The monoisotopic (exact) mass is 506 g/mol. The zero-order valence-corrected chi connectivity index (χ0v) is 21.9. The molecule has 1 amide bonds. The van der Waals surface area contributed by atoms with E-state index in [1.165, 1.54) is 6.07 Å². The average Bonchev–Trinajstić information content (AvgIpc) is 2.89. The summed E-state index contributed by atoms with van der Waals surface area (Å²) in [6.07, 6.45) is 0.906. The molecule has 0 aliphatic rings. The lowest BCUT2D eigenvalue weighted by Crippen LogP contribution is -2.37. The van der Waals surface area contributed by atoms with Gasteiger partial charge in [-0.3, -0.25) is 4.79 Å². The second-order valence-electron chi connectivity index (χ2n) is 9.83. The van der Waals surface area contributed by atoms with Gasteiger partial charge in [-0.15, -0.1) is 5.48 Å². The minimum Gasteiger partial charge on any atom is -0.489 e. The Morgan fingerprint density at radius 1 is 0.919 bits per heavy atom. The number of amides is 1. The number of hydrogen-bond donors (Lipinski definition) is 1. The highest BCUT2D eigenvalue weighted by atomic mass is 19.1. The molecular formula is C30H35FN2O4. The third-order valence-electron chi connectivity index (χ3n) is 5.69. The van der Waals surface area contributed by atoms with Gasteiger partial charge in [0.2, 0.25) is 5.91 Å². The number of carbonyl (C=O) groups is 2. The van der Waals surface area contributed by atoms with Gasteiger partial charge in [-0.2, -0.15) is 0 Å². The Balaban J connectivity index is 1.52. The number of carbonyl (C=O) groups excluding carboxylic acids is 2. The van der Waals surface area contributed by atoms with E-state index in [1.807, 2.05) is 64.1 Å². The fraction of sp³-hybridized carbons (Fsp3) is 0.333. The minimum absolute atomic E-state index is 0.0180. The van der Waals surface area contributed by atoms with Crippen molar-refractivity contribution >= 4 is 11.9 Å². The maximum absolute atomic E-state index is 14.0. The van der Waals surface area contributed by atoms with Crippen molar-refractivity contribution in [3.05, 3.63) is 101 Å². The van der Waals surface area contributed by atoms with Crippen LogP contribution in [0.25, 0.3) is 0 Å². The van der Waals surface area contributed by atoms with Gasteiger partial charge in [-0.1, -0.05) is 48.5 Å². The molecule has 0 atom stereocenters. The van der Waals surface area contributed by atoms with E-state index in [9.17, 15) is 14.0 Å². The number of nitrogens with one attached hydrogen (secondary N) is 1. The van der Waals surface area contributed by atoms with Gasteiger partial charge in [0.25, 0.3) is 0 Å². The maximum Gasteiger partial charge on any atom is 0.357 e. The molecular weight excluding hydrogens is 471 g/mol. The molecule has 0 spiro atoms. The molecule has 37 heavy (non-hydrogen) atoms. The zero-order chi connectivity index (χ0) is 26.8. The quantitative estimate of drug-likeness (QED) is 0.331. The molecule has 196 valence electrons. The summed E-state index contributed by atoms with van der Waals surface area (Å²) >= 11 is 0. The van der Waals surface area contributed by atoms with E-state index in [-0.39, 0.29) is 30.4 Å². The Hall–Kier alpha value is -3.71. The van der Waals surface area contributed by atoms with Gasteiger partial charge >= 0.3 is 5.97 Å². The molecule has 0 saturated heterocycles. The fourth-order valence-corrected chi connectivity index (χ4v) is 3.63. The molecule has 7 heteroatoms. The fourth-order valence-electron chi connectivity index (χ4n) is 3.63. The first-order valence-corrected chi connectivity index (χ1v) is 12.5. The van der Waals surface area contributed by atoms with Crippen molar-refractivity contribution in [3.8, 4) is 5.75 Å². The summed E-state index contributed by atoms with van der Waals surface area (Å²) in [5.74, 6) is -0.132. The van der Waals surface area contributed by atoms with E-state index >= 15 is 0 Å². The molecule has 0 fully saturated rings. The molecule has 0 aliphatic carbocycles. The van der Waals surface area contributed by atoms with Crippen LogP contribution in [0.4, 0.5) is 4.39 Å². The van der Waals surface area contributed by atoms with Crippen LogP contribution < -0.4 is 10.2 Å². The molecule has 0 aliphatic heterocycles. The van der Waals surface area contributed by atoms with Gasteiger partial charge < -0.3 is 14.5 Å². The van der Waals surface area contributed by atoms with Crippen molar-refractivity contribution in [2.45, 2.75) is 59.2 Å². The highest BCUT2D eigenvalue weighted by Gasteiger charge is 2.17. The first-order chi connectivity index (χ1) is 17.7. The molecule has 0 unspecified atom stereocenters. The smallest absolute Gasteiger partial charge is 0.357 e. The summed E-state index contributed by atoms with van der Waals surface area (Å²) < 4.78 is 19.9. The number of ether oxygens (including phenoxy) is 1. The zero-order valence-electron chi connectivity index (χ0n) is 21.9. The van der Waals surface area contributed by atoms with Crippen LogP contribution in [0, 0.1) is 5.82 Å². The van der Waals surface area contributed by atoms with Gasteiger partial charge in [-0.05, 0) is 63.9 Å². The SMILES string of the molecule is CCN(Cc1ccccc1F)C(=O)CCc1ccc(OCc2ccccc2C(=O)ONC(C)(C)C)cc1. The Labute approximate surface area is 218 Å². The molecule has 0 radical (unpaired) electrons. The minimum atomic E-state index is -0.467. The van der Waals surface area contributed by atoms with Crippen LogP contribution in [0.15, 0.2) is 72.8 Å². The Morgan fingerprint density at radius 2 is 1.57 bits per heavy atom. The first kappa shape index (κ1) is 27.9. The highest BCUT2D eigenvalue weighted by Crippen LogP contribution is 2.18. The summed E-state index contributed by atoms with van der Waals surface area (Å²) in [5.41, 5.74) is 5.04. The van der Waals surface area contributed by atoms with Crippen LogP contribution in [-0.2, 0) is 29.2 Å². The summed E-state index contributed by atoms with van der Waals surface area (Å²) in [7, 11) is 0. The number of hydrogen-bond acceptors (Lipinski definition) is 5. The summed E-state index contributed by atoms with van der Waals surface area (Å²) in [4.78, 5) is 32.1. The number of halogens is 1. The van der Waals surface area contributed by atoms with E-state index in [4.69, 9.17) is 9.57 Å². The molecule has 3 aromatic carbocycles. The predicted octanol–water partition coefficient (Wildman–Crippen LogP) is 5.85. The topological polar surface area (TPSA) is 67.9 Å². The standard InChI is InChI=1S/C30H35FN2O4/c1-5-33(20-23-10-7-9-13-27(23)31)28(34)19-16-22-14-17-25(18-15-22)36-21-24-11-6-8-12-26(24)29(35)37-32-30(2,3)4/h6-15,17-18,32H,5,16,19-21H2,1-4H3. The van der Waals surface area contributed by atoms with Gasteiger partial charge in [-0.25, -0.2) is 9.18 Å². The van der Waals surface area contributed by atoms with E-state index in [0.717, 1.165) is 5.56 Å². The van der Waals surface area contributed by atoms with Gasteiger partial charge in [0.1, 0.15) is 18.2 Å². The molecule has 0 saturated carbocycles. The second kappa shape index (κ2) is 13.0. The maximum atomic E-state index is 14.0.